The fraction of sp³-hybridized carbons (Fsp3) is 0.533. The van der Waals surface area contributed by atoms with Gasteiger partial charge in [0.1, 0.15) is 5.56 Å². The molecule has 1 unspecified atom stereocenters. The van der Waals surface area contributed by atoms with Gasteiger partial charge in [0.25, 0.3) is 5.91 Å². The third-order valence-corrected chi connectivity index (χ3v) is 4.29. The molecule has 1 amide bonds. The van der Waals surface area contributed by atoms with Crippen LogP contribution in [-0.2, 0) is 11.3 Å². The van der Waals surface area contributed by atoms with Crippen molar-refractivity contribution in [2.45, 2.75) is 31.9 Å². The molecule has 0 aromatic carbocycles. The van der Waals surface area contributed by atoms with E-state index in [4.69, 9.17) is 9.84 Å². The first kappa shape index (κ1) is 15.5. The van der Waals surface area contributed by atoms with E-state index in [1.165, 1.54) is 4.57 Å². The van der Waals surface area contributed by atoms with Gasteiger partial charge in [-0.2, -0.15) is 0 Å². The van der Waals surface area contributed by atoms with Crippen LogP contribution in [0.4, 0.5) is 0 Å². The van der Waals surface area contributed by atoms with E-state index in [1.54, 1.807) is 4.90 Å². The zero-order chi connectivity index (χ0) is 16.6. The van der Waals surface area contributed by atoms with Gasteiger partial charge >= 0.3 is 5.97 Å². The number of pyridine rings is 1. The molecule has 23 heavy (non-hydrogen) atoms. The second kappa shape index (κ2) is 6.04. The molecule has 8 nitrogen and oxygen atoms in total. The van der Waals surface area contributed by atoms with Crippen LogP contribution in [0.25, 0.3) is 0 Å². The zero-order valence-corrected chi connectivity index (χ0v) is 12.5. The molecule has 2 N–H and O–H groups in total. The lowest BCUT2D eigenvalue weighted by Gasteiger charge is -2.34. The molecule has 124 valence electrons. The number of aromatic nitrogens is 1. The van der Waals surface area contributed by atoms with Crippen molar-refractivity contribution in [3.05, 3.63) is 27.7 Å². The highest BCUT2D eigenvalue weighted by atomic mass is 16.5. The largest absolute Gasteiger partial charge is 0.503 e. The normalized spacial score (nSPS) is 21.1. The lowest BCUT2D eigenvalue weighted by atomic mass is 10.1. The molecule has 0 aliphatic carbocycles. The summed E-state index contributed by atoms with van der Waals surface area (Å²) in [6.45, 7) is 1.79. The number of fused-ring (bicyclic) bond motifs is 1. The molecule has 1 fully saturated rings. The lowest BCUT2D eigenvalue weighted by Crippen LogP contribution is -2.46. The van der Waals surface area contributed by atoms with E-state index in [-0.39, 0.29) is 11.8 Å². The first-order chi connectivity index (χ1) is 11.0. The Bertz CT molecular complexity index is 705. The smallest absolute Gasteiger partial charge is 0.341 e. The minimum atomic E-state index is -1.42. The predicted octanol–water partition coefficient (Wildman–Crippen LogP) is 0.277. The van der Waals surface area contributed by atoms with Crippen molar-refractivity contribution < 1.29 is 24.5 Å². The molecule has 8 heteroatoms. The fourth-order valence-corrected chi connectivity index (χ4v) is 3.05. The summed E-state index contributed by atoms with van der Waals surface area (Å²) in [5.74, 6) is -2.70. The third kappa shape index (κ3) is 2.81. The van der Waals surface area contributed by atoms with Gasteiger partial charge in [-0.05, 0) is 19.3 Å². The number of aromatic carboxylic acids is 1. The average Bonchev–Trinajstić information content (AvgIpc) is 2.54. The van der Waals surface area contributed by atoms with Crippen molar-refractivity contribution >= 4 is 11.9 Å². The molecular weight excluding hydrogens is 304 g/mol. The molecule has 1 saturated heterocycles. The van der Waals surface area contributed by atoms with E-state index in [2.05, 4.69) is 0 Å². The predicted molar refractivity (Wildman–Crippen MR) is 78.8 cm³/mol. The van der Waals surface area contributed by atoms with Gasteiger partial charge in [0.05, 0.1) is 6.10 Å². The molecule has 0 spiro atoms. The summed E-state index contributed by atoms with van der Waals surface area (Å²) in [5, 5.41) is 19.0. The SMILES string of the molecule is O=C(O)c1cn2c(c(O)c1=O)C(=O)N(CC1CCCCO1)CC2. The third-order valence-electron chi connectivity index (χ3n) is 4.29. The van der Waals surface area contributed by atoms with Crippen LogP contribution in [0.15, 0.2) is 11.0 Å². The van der Waals surface area contributed by atoms with Gasteiger partial charge in [-0.15, -0.1) is 0 Å². The maximum Gasteiger partial charge on any atom is 0.341 e. The fourth-order valence-electron chi connectivity index (χ4n) is 3.05. The van der Waals surface area contributed by atoms with E-state index in [1.807, 2.05) is 0 Å². The number of hydrogen-bond donors (Lipinski definition) is 2. The van der Waals surface area contributed by atoms with E-state index >= 15 is 0 Å². The van der Waals surface area contributed by atoms with E-state index < -0.39 is 28.6 Å². The molecule has 0 saturated carbocycles. The number of carbonyl (C=O) groups excluding carboxylic acids is 1. The van der Waals surface area contributed by atoms with Crippen LogP contribution in [-0.4, -0.2) is 57.4 Å². The standard InChI is InChI=1S/C15H18N2O6/c18-12-10(15(21)22)8-16-4-5-17(14(20)11(16)13(12)19)7-9-3-1-2-6-23-9/h8-9,19H,1-7H2,(H,21,22). The van der Waals surface area contributed by atoms with Crippen LogP contribution in [0.3, 0.4) is 0 Å². The van der Waals surface area contributed by atoms with Gasteiger partial charge in [-0.25, -0.2) is 4.79 Å². The number of amides is 1. The number of aromatic hydroxyl groups is 1. The second-order valence-electron chi connectivity index (χ2n) is 5.81. The minimum Gasteiger partial charge on any atom is -0.503 e. The van der Waals surface area contributed by atoms with Crippen molar-refractivity contribution in [3.63, 3.8) is 0 Å². The van der Waals surface area contributed by atoms with Gasteiger partial charge in [0, 0.05) is 32.4 Å². The van der Waals surface area contributed by atoms with Crippen LogP contribution < -0.4 is 5.43 Å². The Morgan fingerprint density at radius 2 is 2.09 bits per heavy atom. The Morgan fingerprint density at radius 1 is 1.30 bits per heavy atom. The summed E-state index contributed by atoms with van der Waals surface area (Å²) in [7, 11) is 0. The van der Waals surface area contributed by atoms with Gasteiger partial charge in [0.15, 0.2) is 11.4 Å². The first-order valence-corrected chi connectivity index (χ1v) is 7.59. The molecule has 2 aliphatic heterocycles. The van der Waals surface area contributed by atoms with Crippen LogP contribution >= 0.6 is 0 Å². The van der Waals surface area contributed by atoms with Crippen LogP contribution in [0.1, 0.15) is 40.1 Å². The van der Waals surface area contributed by atoms with Gasteiger partial charge in [0.2, 0.25) is 5.43 Å². The number of carbonyl (C=O) groups is 2. The molecular formula is C15H18N2O6. The molecule has 0 bridgehead atoms. The van der Waals surface area contributed by atoms with Crippen molar-refractivity contribution in [2.24, 2.45) is 0 Å². The molecule has 3 heterocycles. The van der Waals surface area contributed by atoms with Crippen molar-refractivity contribution in [1.82, 2.24) is 9.47 Å². The van der Waals surface area contributed by atoms with Gasteiger partial charge < -0.3 is 24.4 Å². The van der Waals surface area contributed by atoms with Gasteiger partial charge in [-0.1, -0.05) is 0 Å². The molecule has 1 atom stereocenters. The Labute approximate surface area is 131 Å². The number of carboxylic acids is 1. The van der Waals surface area contributed by atoms with Crippen LogP contribution in [0, 0.1) is 0 Å². The van der Waals surface area contributed by atoms with E-state index in [0.29, 0.717) is 26.2 Å². The first-order valence-electron chi connectivity index (χ1n) is 7.59. The molecule has 2 aliphatic rings. The average molecular weight is 322 g/mol. The Balaban J connectivity index is 1.89. The maximum absolute atomic E-state index is 12.5. The highest BCUT2D eigenvalue weighted by Gasteiger charge is 2.32. The van der Waals surface area contributed by atoms with Crippen LogP contribution in [0.5, 0.6) is 5.75 Å². The zero-order valence-electron chi connectivity index (χ0n) is 12.5. The van der Waals surface area contributed by atoms with Crippen LogP contribution in [0.2, 0.25) is 0 Å². The summed E-state index contributed by atoms with van der Waals surface area (Å²) in [6, 6.07) is 0. The summed E-state index contributed by atoms with van der Waals surface area (Å²) in [6.07, 6.45) is 4.02. The summed E-state index contributed by atoms with van der Waals surface area (Å²) < 4.78 is 6.95. The van der Waals surface area contributed by atoms with E-state index in [9.17, 15) is 19.5 Å². The summed E-state index contributed by atoms with van der Waals surface area (Å²) in [5.41, 5.74) is -1.72. The molecule has 0 radical (unpaired) electrons. The van der Waals surface area contributed by atoms with E-state index in [0.717, 1.165) is 25.5 Å². The molecule has 3 rings (SSSR count). The monoisotopic (exact) mass is 322 g/mol. The minimum absolute atomic E-state index is 0.0357. The quantitative estimate of drug-likeness (QED) is 0.827. The van der Waals surface area contributed by atoms with Crippen molar-refractivity contribution in [3.8, 4) is 5.75 Å². The Morgan fingerprint density at radius 3 is 2.74 bits per heavy atom. The summed E-state index contributed by atoms with van der Waals surface area (Å²) >= 11 is 0. The number of ether oxygens (including phenoxy) is 1. The van der Waals surface area contributed by atoms with Crippen molar-refractivity contribution in [1.29, 1.82) is 0 Å². The highest BCUT2D eigenvalue weighted by Crippen LogP contribution is 2.22. The second-order valence-corrected chi connectivity index (χ2v) is 5.81. The topological polar surface area (TPSA) is 109 Å². The number of hydrogen-bond acceptors (Lipinski definition) is 5. The number of carboxylic acid groups (broad SMARTS) is 1. The molecule has 1 aromatic heterocycles. The summed E-state index contributed by atoms with van der Waals surface area (Å²) in [4.78, 5) is 37.0. The lowest BCUT2D eigenvalue weighted by molar-refractivity contribution is -0.00609. The number of nitrogens with zero attached hydrogens (tertiary/aromatic N) is 2. The number of rotatable bonds is 3. The Hall–Kier alpha value is -2.35. The molecule has 1 aromatic rings. The van der Waals surface area contributed by atoms with Crippen molar-refractivity contribution in [2.75, 3.05) is 19.7 Å². The highest BCUT2D eigenvalue weighted by molar-refractivity contribution is 5.97. The Kier molecular flexibility index (Phi) is 4.08. The maximum atomic E-state index is 12.5. The van der Waals surface area contributed by atoms with Gasteiger partial charge in [-0.3, -0.25) is 9.59 Å².